The van der Waals surface area contributed by atoms with Gasteiger partial charge in [0, 0.05) is 6.61 Å². The van der Waals surface area contributed by atoms with Gasteiger partial charge in [-0.05, 0) is 38.3 Å². The van der Waals surface area contributed by atoms with Gasteiger partial charge < -0.3 is 9.47 Å². The van der Waals surface area contributed by atoms with Gasteiger partial charge in [-0.1, -0.05) is 30.3 Å². The molecule has 1 atom stereocenters. The van der Waals surface area contributed by atoms with E-state index in [9.17, 15) is 4.79 Å². The fourth-order valence-corrected chi connectivity index (χ4v) is 2.22. The Kier molecular flexibility index (Phi) is 5.15. The van der Waals surface area contributed by atoms with E-state index in [0.29, 0.717) is 19.1 Å². The summed E-state index contributed by atoms with van der Waals surface area (Å²) in [4.78, 5) is 12.4. The molecule has 1 aromatic carbocycles. The summed E-state index contributed by atoms with van der Waals surface area (Å²) in [5, 5.41) is 3.11. The Bertz CT molecular complexity index is 431. The fraction of sp³-hybridized carbons (Fsp3) is 0.562. The summed E-state index contributed by atoms with van der Waals surface area (Å²) in [5.41, 5.74) is -0.0525. The van der Waals surface area contributed by atoms with Gasteiger partial charge in [0.2, 0.25) is 0 Å². The summed E-state index contributed by atoms with van der Waals surface area (Å²) in [6, 6.07) is 9.62. The molecule has 0 saturated heterocycles. The molecule has 1 unspecified atom stereocenters. The molecular formula is C16H23NO3. The van der Waals surface area contributed by atoms with Crippen molar-refractivity contribution in [2.45, 2.75) is 25.3 Å². The Labute approximate surface area is 120 Å². The molecule has 0 aliphatic heterocycles. The van der Waals surface area contributed by atoms with Gasteiger partial charge in [0.15, 0.2) is 5.54 Å². The normalized spacial score (nSPS) is 17.5. The summed E-state index contributed by atoms with van der Waals surface area (Å²) in [6.45, 7) is 3.19. The maximum absolute atomic E-state index is 12.4. The first-order chi connectivity index (χ1) is 9.73. The summed E-state index contributed by atoms with van der Waals surface area (Å²) >= 11 is 0. The molecule has 1 N–H and O–H groups in total. The van der Waals surface area contributed by atoms with E-state index in [4.69, 9.17) is 9.47 Å². The first-order valence-electron chi connectivity index (χ1n) is 7.22. The van der Waals surface area contributed by atoms with Gasteiger partial charge in [-0.3, -0.25) is 5.32 Å². The van der Waals surface area contributed by atoms with Crippen molar-refractivity contribution >= 4 is 5.97 Å². The van der Waals surface area contributed by atoms with E-state index < -0.39 is 5.54 Å². The predicted molar refractivity (Wildman–Crippen MR) is 77.4 cm³/mol. The van der Waals surface area contributed by atoms with Crippen molar-refractivity contribution in [3.05, 3.63) is 35.9 Å². The molecule has 0 bridgehead atoms. The standard InChI is InChI=1S/C16H23NO3/c1-3-20-15(18)16(17-2,12-19-11-13-9-10-13)14-7-5-4-6-8-14/h4-8,13,17H,3,9-12H2,1-2H3. The van der Waals surface area contributed by atoms with Crippen molar-refractivity contribution < 1.29 is 14.3 Å². The topological polar surface area (TPSA) is 47.6 Å². The zero-order valence-electron chi connectivity index (χ0n) is 12.2. The minimum absolute atomic E-state index is 0.288. The molecule has 2 rings (SSSR count). The smallest absolute Gasteiger partial charge is 0.333 e. The number of rotatable bonds is 8. The van der Waals surface area contributed by atoms with Crippen LogP contribution in [0.4, 0.5) is 0 Å². The number of carbonyl (C=O) groups is 1. The Morgan fingerprint density at radius 1 is 1.35 bits per heavy atom. The predicted octanol–water partition coefficient (Wildman–Crippen LogP) is 2.09. The van der Waals surface area contributed by atoms with Gasteiger partial charge >= 0.3 is 5.97 Å². The maximum atomic E-state index is 12.4. The van der Waals surface area contributed by atoms with Gasteiger partial charge in [0.05, 0.1) is 13.2 Å². The van der Waals surface area contributed by atoms with Crippen LogP contribution in [-0.2, 0) is 19.8 Å². The van der Waals surface area contributed by atoms with Gasteiger partial charge in [-0.2, -0.15) is 0 Å². The van der Waals surface area contributed by atoms with Crippen LogP contribution in [0, 0.1) is 5.92 Å². The molecule has 1 aliphatic rings. The highest BCUT2D eigenvalue weighted by molar-refractivity contribution is 5.83. The van der Waals surface area contributed by atoms with E-state index in [1.54, 1.807) is 7.05 Å². The third kappa shape index (κ3) is 3.38. The molecule has 1 fully saturated rings. The molecule has 0 amide bonds. The Morgan fingerprint density at radius 3 is 2.60 bits per heavy atom. The SMILES string of the molecule is CCOC(=O)C(COCC1CC1)(NC)c1ccccc1. The second-order valence-corrected chi connectivity index (χ2v) is 5.20. The average molecular weight is 277 g/mol. The van der Waals surface area contributed by atoms with Crippen LogP contribution in [0.15, 0.2) is 30.3 Å². The van der Waals surface area contributed by atoms with Crippen molar-refractivity contribution in [3.63, 3.8) is 0 Å². The quantitative estimate of drug-likeness (QED) is 0.739. The lowest BCUT2D eigenvalue weighted by atomic mass is 9.91. The third-order valence-corrected chi connectivity index (χ3v) is 3.69. The number of nitrogens with one attached hydrogen (secondary N) is 1. The monoisotopic (exact) mass is 277 g/mol. The van der Waals surface area contributed by atoms with Crippen LogP contribution in [0.3, 0.4) is 0 Å². The van der Waals surface area contributed by atoms with Gasteiger partial charge in [-0.25, -0.2) is 4.79 Å². The molecule has 4 heteroatoms. The van der Waals surface area contributed by atoms with Crippen LogP contribution < -0.4 is 5.32 Å². The maximum Gasteiger partial charge on any atom is 0.333 e. The zero-order chi connectivity index (χ0) is 14.4. The van der Waals surface area contributed by atoms with Crippen LogP contribution in [0.25, 0.3) is 0 Å². The van der Waals surface area contributed by atoms with Crippen molar-refractivity contribution in [2.75, 3.05) is 26.9 Å². The molecule has 4 nitrogen and oxygen atoms in total. The number of hydrogen-bond acceptors (Lipinski definition) is 4. The van der Waals surface area contributed by atoms with E-state index in [-0.39, 0.29) is 5.97 Å². The lowest BCUT2D eigenvalue weighted by molar-refractivity contribution is -0.154. The van der Waals surface area contributed by atoms with Gasteiger partial charge in [0.25, 0.3) is 0 Å². The van der Waals surface area contributed by atoms with Gasteiger partial charge in [0.1, 0.15) is 0 Å². The third-order valence-electron chi connectivity index (χ3n) is 3.69. The molecule has 1 saturated carbocycles. The Morgan fingerprint density at radius 2 is 2.05 bits per heavy atom. The van der Waals surface area contributed by atoms with Crippen molar-refractivity contribution in [1.29, 1.82) is 0 Å². The van der Waals surface area contributed by atoms with Crippen molar-refractivity contribution in [3.8, 4) is 0 Å². The molecule has 20 heavy (non-hydrogen) atoms. The van der Waals surface area contributed by atoms with E-state index in [1.165, 1.54) is 12.8 Å². The van der Waals surface area contributed by atoms with Crippen LogP contribution in [0.5, 0.6) is 0 Å². The lowest BCUT2D eigenvalue weighted by Crippen LogP contribution is -2.52. The summed E-state index contributed by atoms with van der Waals surface area (Å²) in [7, 11) is 1.77. The first kappa shape index (κ1) is 15.0. The number of esters is 1. The molecule has 0 radical (unpaired) electrons. The van der Waals surface area contributed by atoms with E-state index in [0.717, 1.165) is 12.2 Å². The fourth-order valence-electron chi connectivity index (χ4n) is 2.22. The number of benzene rings is 1. The molecule has 0 spiro atoms. The number of ether oxygens (including phenoxy) is 2. The van der Waals surface area contributed by atoms with Crippen LogP contribution >= 0.6 is 0 Å². The average Bonchev–Trinajstić information content (AvgIpc) is 3.29. The number of carbonyl (C=O) groups excluding carboxylic acids is 1. The number of likely N-dealkylation sites (N-methyl/N-ethyl adjacent to an activating group) is 1. The first-order valence-corrected chi connectivity index (χ1v) is 7.22. The second kappa shape index (κ2) is 6.86. The van der Waals surface area contributed by atoms with E-state index in [2.05, 4.69) is 5.32 Å². The highest BCUT2D eigenvalue weighted by atomic mass is 16.5. The molecular weight excluding hydrogens is 254 g/mol. The van der Waals surface area contributed by atoms with Crippen LogP contribution in [-0.4, -0.2) is 32.8 Å². The summed E-state index contributed by atoms with van der Waals surface area (Å²) in [5.74, 6) is 0.382. The second-order valence-electron chi connectivity index (χ2n) is 5.20. The minimum Gasteiger partial charge on any atom is -0.464 e. The Hall–Kier alpha value is -1.39. The molecule has 0 aromatic heterocycles. The van der Waals surface area contributed by atoms with Crippen LogP contribution in [0.1, 0.15) is 25.3 Å². The molecule has 1 aliphatic carbocycles. The van der Waals surface area contributed by atoms with Crippen molar-refractivity contribution in [2.24, 2.45) is 5.92 Å². The molecule has 0 heterocycles. The summed E-state index contributed by atoms with van der Waals surface area (Å²) in [6.07, 6.45) is 2.47. The largest absolute Gasteiger partial charge is 0.464 e. The molecule has 110 valence electrons. The Balaban J connectivity index is 2.16. The zero-order valence-corrected chi connectivity index (χ0v) is 12.2. The minimum atomic E-state index is -0.924. The lowest BCUT2D eigenvalue weighted by Gasteiger charge is -2.31. The molecule has 1 aromatic rings. The van der Waals surface area contributed by atoms with E-state index in [1.807, 2.05) is 37.3 Å². The summed E-state index contributed by atoms with van der Waals surface area (Å²) < 4.78 is 11.0. The van der Waals surface area contributed by atoms with Gasteiger partial charge in [-0.15, -0.1) is 0 Å². The van der Waals surface area contributed by atoms with Crippen LogP contribution in [0.2, 0.25) is 0 Å². The van der Waals surface area contributed by atoms with Crippen molar-refractivity contribution in [1.82, 2.24) is 5.32 Å². The highest BCUT2D eigenvalue weighted by Gasteiger charge is 2.41. The number of hydrogen-bond donors (Lipinski definition) is 1. The highest BCUT2D eigenvalue weighted by Crippen LogP contribution is 2.30. The van der Waals surface area contributed by atoms with E-state index >= 15 is 0 Å².